The monoisotopic (exact) mass is 367 g/mol. The fraction of sp³-hybridized carbons (Fsp3) is 0.300. The summed E-state index contributed by atoms with van der Waals surface area (Å²) in [6.07, 6.45) is 0.813. The number of hydrogen-bond donors (Lipinski definition) is 0. The number of anilines is 1. The Labute approximate surface area is 157 Å². The number of nitrogens with zero attached hydrogens (tertiary/aromatic N) is 3. The zero-order chi connectivity index (χ0) is 19.2. The lowest BCUT2D eigenvalue weighted by Gasteiger charge is -2.21. The third kappa shape index (κ3) is 4.13. The molecule has 140 valence electrons. The minimum absolute atomic E-state index is 0.0779. The van der Waals surface area contributed by atoms with Gasteiger partial charge >= 0.3 is 0 Å². The lowest BCUT2D eigenvalue weighted by Crippen LogP contribution is -2.39. The number of imide groups is 1. The molecule has 0 aliphatic carbocycles. The van der Waals surface area contributed by atoms with E-state index in [0.717, 1.165) is 21.9 Å². The van der Waals surface area contributed by atoms with Crippen molar-refractivity contribution in [3.8, 4) is 5.75 Å². The zero-order valence-electron chi connectivity index (χ0n) is 15.1. The van der Waals surface area contributed by atoms with Crippen molar-refractivity contribution in [1.29, 1.82) is 0 Å². The van der Waals surface area contributed by atoms with E-state index in [9.17, 15) is 14.5 Å². The number of carbonyl (C=O) groups excluding carboxylic acids is 2. The first-order valence-electron chi connectivity index (χ1n) is 8.87. The van der Waals surface area contributed by atoms with E-state index in [2.05, 4.69) is 5.29 Å². The highest BCUT2D eigenvalue weighted by molar-refractivity contribution is 6.22. The maximum atomic E-state index is 12.8. The standard InChI is InChI=1S/C20H21N3O4/c1-2-12-27-17-10-8-16(9-11-17)23-19(24)13-18(20(23)25)22(21-26)14-15-6-4-3-5-7-15/h3-11,18H,2,12-14H2,1H3/t18-/m0/s1. The summed E-state index contributed by atoms with van der Waals surface area (Å²) in [7, 11) is 0. The molecule has 3 rings (SSSR count). The Morgan fingerprint density at radius 1 is 1.11 bits per heavy atom. The van der Waals surface area contributed by atoms with E-state index in [1.165, 1.54) is 0 Å². The van der Waals surface area contributed by atoms with Crippen LogP contribution >= 0.6 is 0 Å². The molecular weight excluding hydrogens is 346 g/mol. The second kappa shape index (κ2) is 8.44. The molecule has 7 nitrogen and oxygen atoms in total. The molecule has 0 spiro atoms. The van der Waals surface area contributed by atoms with E-state index in [1.807, 2.05) is 37.3 Å². The van der Waals surface area contributed by atoms with Crippen LogP contribution in [0.25, 0.3) is 0 Å². The SMILES string of the molecule is CCCOc1ccc(N2C(=O)C[C@H](N(Cc3ccccc3)N=O)C2=O)cc1. The molecule has 0 radical (unpaired) electrons. The van der Waals surface area contributed by atoms with Crippen molar-refractivity contribution in [3.63, 3.8) is 0 Å². The van der Waals surface area contributed by atoms with Gasteiger partial charge in [-0.2, -0.15) is 0 Å². The van der Waals surface area contributed by atoms with E-state index < -0.39 is 11.9 Å². The second-order valence-electron chi connectivity index (χ2n) is 6.29. The highest BCUT2D eigenvalue weighted by atomic mass is 16.5. The van der Waals surface area contributed by atoms with Crippen molar-refractivity contribution >= 4 is 17.5 Å². The molecule has 0 bridgehead atoms. The van der Waals surface area contributed by atoms with Gasteiger partial charge in [0, 0.05) is 0 Å². The number of amides is 2. The largest absolute Gasteiger partial charge is 0.494 e. The smallest absolute Gasteiger partial charge is 0.258 e. The summed E-state index contributed by atoms with van der Waals surface area (Å²) >= 11 is 0. The van der Waals surface area contributed by atoms with Gasteiger partial charge < -0.3 is 4.74 Å². The molecule has 1 heterocycles. The van der Waals surface area contributed by atoms with E-state index >= 15 is 0 Å². The number of ether oxygens (including phenoxy) is 1. The van der Waals surface area contributed by atoms with E-state index in [0.29, 0.717) is 18.0 Å². The van der Waals surface area contributed by atoms with Gasteiger partial charge in [-0.1, -0.05) is 37.3 Å². The van der Waals surface area contributed by atoms with Gasteiger partial charge in [0.25, 0.3) is 5.91 Å². The van der Waals surface area contributed by atoms with E-state index in [4.69, 9.17) is 4.74 Å². The van der Waals surface area contributed by atoms with E-state index in [-0.39, 0.29) is 18.9 Å². The van der Waals surface area contributed by atoms with Crippen molar-refractivity contribution in [2.24, 2.45) is 5.29 Å². The van der Waals surface area contributed by atoms with Gasteiger partial charge in [-0.25, -0.2) is 9.91 Å². The summed E-state index contributed by atoms with van der Waals surface area (Å²) in [5.74, 6) is -0.122. The second-order valence-corrected chi connectivity index (χ2v) is 6.29. The molecule has 0 N–H and O–H groups in total. The highest BCUT2D eigenvalue weighted by Crippen LogP contribution is 2.28. The molecule has 7 heteroatoms. The summed E-state index contributed by atoms with van der Waals surface area (Å²) < 4.78 is 5.52. The van der Waals surface area contributed by atoms with Crippen LogP contribution in [-0.4, -0.2) is 29.5 Å². The van der Waals surface area contributed by atoms with E-state index in [1.54, 1.807) is 24.3 Å². The molecule has 27 heavy (non-hydrogen) atoms. The Hall–Kier alpha value is -3.22. The summed E-state index contributed by atoms with van der Waals surface area (Å²) in [4.78, 5) is 37.6. The molecule has 1 fully saturated rings. The van der Waals surface area contributed by atoms with Gasteiger partial charge in [-0.05, 0) is 36.2 Å². The van der Waals surface area contributed by atoms with Gasteiger partial charge in [-0.15, -0.1) is 4.91 Å². The molecule has 1 atom stereocenters. The van der Waals surface area contributed by atoms with Crippen LogP contribution in [0.2, 0.25) is 0 Å². The Kier molecular flexibility index (Phi) is 5.80. The summed E-state index contributed by atoms with van der Waals surface area (Å²) in [6.45, 7) is 2.78. The van der Waals surface area contributed by atoms with Crippen LogP contribution in [0.5, 0.6) is 5.75 Å². The Bertz CT molecular complexity index is 808. The summed E-state index contributed by atoms with van der Waals surface area (Å²) in [5.41, 5.74) is 1.30. The topological polar surface area (TPSA) is 79.3 Å². The lowest BCUT2D eigenvalue weighted by atomic mass is 10.2. The zero-order valence-corrected chi connectivity index (χ0v) is 15.1. The quantitative estimate of drug-likeness (QED) is 0.406. The van der Waals surface area contributed by atoms with Crippen molar-refractivity contribution in [2.45, 2.75) is 32.4 Å². The molecule has 0 unspecified atom stereocenters. The van der Waals surface area contributed by atoms with Crippen LogP contribution in [0.1, 0.15) is 25.3 Å². The molecule has 2 aromatic rings. The third-order valence-electron chi connectivity index (χ3n) is 4.34. The first kappa shape index (κ1) is 18.6. The minimum Gasteiger partial charge on any atom is -0.494 e. The third-order valence-corrected chi connectivity index (χ3v) is 4.34. The molecule has 2 aromatic carbocycles. The van der Waals surface area contributed by atoms with Crippen molar-refractivity contribution in [3.05, 3.63) is 65.1 Å². The van der Waals surface area contributed by atoms with Crippen LogP contribution in [0.15, 0.2) is 59.9 Å². The average Bonchev–Trinajstić information content (AvgIpc) is 3.00. The highest BCUT2D eigenvalue weighted by Gasteiger charge is 2.43. The first-order valence-corrected chi connectivity index (χ1v) is 8.87. The van der Waals surface area contributed by atoms with Gasteiger partial charge in [0.05, 0.1) is 30.5 Å². The Balaban J connectivity index is 1.74. The molecule has 1 aliphatic rings. The van der Waals surface area contributed by atoms with Crippen molar-refractivity contribution in [1.82, 2.24) is 5.01 Å². The number of hydrogen-bond acceptors (Lipinski definition) is 5. The first-order chi connectivity index (χ1) is 13.1. The van der Waals surface area contributed by atoms with Crippen LogP contribution in [0.3, 0.4) is 0 Å². The van der Waals surface area contributed by atoms with Crippen LogP contribution in [0, 0.1) is 4.91 Å². The van der Waals surface area contributed by atoms with Crippen molar-refractivity contribution < 1.29 is 14.3 Å². The number of nitroso groups, excluding NO2 is 1. The fourth-order valence-corrected chi connectivity index (χ4v) is 3.00. The molecule has 0 saturated carbocycles. The lowest BCUT2D eigenvalue weighted by molar-refractivity contribution is -0.123. The predicted octanol–water partition coefficient (Wildman–Crippen LogP) is 3.29. The van der Waals surface area contributed by atoms with Gasteiger partial charge in [0.2, 0.25) is 5.91 Å². The number of benzene rings is 2. The average molecular weight is 367 g/mol. The summed E-state index contributed by atoms with van der Waals surface area (Å²) in [6, 6.07) is 15.1. The number of rotatable bonds is 8. The van der Waals surface area contributed by atoms with Crippen LogP contribution < -0.4 is 9.64 Å². The van der Waals surface area contributed by atoms with Gasteiger partial charge in [0.15, 0.2) is 0 Å². The van der Waals surface area contributed by atoms with Crippen LogP contribution in [-0.2, 0) is 16.1 Å². The Morgan fingerprint density at radius 2 is 1.81 bits per heavy atom. The maximum Gasteiger partial charge on any atom is 0.258 e. The van der Waals surface area contributed by atoms with Crippen LogP contribution in [0.4, 0.5) is 5.69 Å². The van der Waals surface area contributed by atoms with Crippen molar-refractivity contribution in [2.75, 3.05) is 11.5 Å². The molecular formula is C20H21N3O4. The molecule has 1 aliphatic heterocycles. The minimum atomic E-state index is -0.897. The van der Waals surface area contributed by atoms with Gasteiger partial charge in [-0.3, -0.25) is 9.59 Å². The molecule has 2 amide bonds. The Morgan fingerprint density at radius 3 is 2.44 bits per heavy atom. The maximum absolute atomic E-state index is 12.8. The number of carbonyl (C=O) groups is 2. The fourth-order valence-electron chi connectivity index (χ4n) is 3.00. The normalized spacial score (nSPS) is 16.5. The molecule has 0 aromatic heterocycles. The summed E-state index contributed by atoms with van der Waals surface area (Å²) in [5, 5.41) is 4.12. The van der Waals surface area contributed by atoms with Gasteiger partial charge in [0.1, 0.15) is 11.8 Å². The molecule has 1 saturated heterocycles. The predicted molar refractivity (Wildman–Crippen MR) is 101 cm³/mol.